The number of amides is 1. The predicted molar refractivity (Wildman–Crippen MR) is 118 cm³/mol. The number of carbonyl (C=O) groups excluding carboxylic acids is 1. The second-order valence-corrected chi connectivity index (χ2v) is 8.45. The van der Waals surface area contributed by atoms with Gasteiger partial charge in [-0.2, -0.15) is 0 Å². The van der Waals surface area contributed by atoms with E-state index in [1.54, 1.807) is 25.3 Å². The fourth-order valence-corrected chi connectivity index (χ4v) is 4.32. The number of rotatable bonds is 8. The number of guanidine groups is 1. The Morgan fingerprint density at radius 3 is 2.63 bits per heavy atom. The summed E-state index contributed by atoms with van der Waals surface area (Å²) in [6.07, 6.45) is 8.67. The number of aliphatic imine (C=N–C) groups is 1. The molecule has 1 aliphatic carbocycles. The molecule has 2 heterocycles. The highest BCUT2D eigenvalue weighted by Crippen LogP contribution is 2.33. The van der Waals surface area contributed by atoms with Crippen molar-refractivity contribution in [1.29, 1.82) is 0 Å². The van der Waals surface area contributed by atoms with Crippen LogP contribution in [0.25, 0.3) is 0 Å². The van der Waals surface area contributed by atoms with Gasteiger partial charge in [-0.15, -0.1) is 0 Å². The van der Waals surface area contributed by atoms with E-state index < -0.39 is 0 Å². The largest absolute Gasteiger partial charge is 0.469 e. The van der Waals surface area contributed by atoms with Gasteiger partial charge in [0.15, 0.2) is 5.96 Å². The molecule has 8 heteroatoms. The van der Waals surface area contributed by atoms with Crippen molar-refractivity contribution in [2.24, 2.45) is 4.99 Å². The molecular formula is C22H37N5O3. The van der Waals surface area contributed by atoms with E-state index in [9.17, 15) is 4.79 Å². The molecule has 0 atom stereocenters. The first-order valence-electron chi connectivity index (χ1n) is 11.2. The summed E-state index contributed by atoms with van der Waals surface area (Å²) in [4.78, 5) is 20.8. The molecule has 3 rings (SSSR count). The van der Waals surface area contributed by atoms with Crippen LogP contribution in [0.4, 0.5) is 0 Å². The Hall–Kier alpha value is -2.06. The van der Waals surface area contributed by atoms with Crippen molar-refractivity contribution in [1.82, 2.24) is 20.4 Å². The number of likely N-dealkylation sites (N-methyl/N-ethyl adjacent to an activating group) is 1. The van der Waals surface area contributed by atoms with Crippen LogP contribution in [0.3, 0.4) is 0 Å². The van der Waals surface area contributed by atoms with E-state index in [4.69, 9.17) is 9.15 Å². The summed E-state index contributed by atoms with van der Waals surface area (Å²) in [5.74, 6) is 1.61. The SMILES string of the molecule is CN(C)C(=O)CN=C(NCCc1ccco1)NCC1(N2CCOCC2)CCCCC1. The summed E-state index contributed by atoms with van der Waals surface area (Å²) >= 11 is 0. The van der Waals surface area contributed by atoms with Gasteiger partial charge in [0.25, 0.3) is 0 Å². The average molecular weight is 420 g/mol. The number of nitrogens with one attached hydrogen (secondary N) is 2. The summed E-state index contributed by atoms with van der Waals surface area (Å²) < 4.78 is 11.0. The van der Waals surface area contributed by atoms with Gasteiger partial charge >= 0.3 is 0 Å². The van der Waals surface area contributed by atoms with Crippen molar-refractivity contribution >= 4 is 11.9 Å². The summed E-state index contributed by atoms with van der Waals surface area (Å²) in [6, 6.07) is 3.87. The minimum absolute atomic E-state index is 0.0114. The summed E-state index contributed by atoms with van der Waals surface area (Å²) in [5, 5.41) is 6.93. The minimum atomic E-state index is -0.0114. The minimum Gasteiger partial charge on any atom is -0.469 e. The molecule has 1 saturated heterocycles. The standard InChI is InChI=1S/C22H37N5O3/c1-26(2)20(28)17-24-21(23-11-8-19-7-6-14-30-19)25-18-22(9-4-3-5-10-22)27-12-15-29-16-13-27/h6-7,14H,3-5,8-13,15-18H2,1-2H3,(H2,23,24,25). The maximum absolute atomic E-state index is 12.1. The van der Waals surface area contributed by atoms with Crippen LogP contribution in [0.2, 0.25) is 0 Å². The molecule has 0 bridgehead atoms. The van der Waals surface area contributed by atoms with Crippen LogP contribution in [0.5, 0.6) is 0 Å². The van der Waals surface area contributed by atoms with Gasteiger partial charge < -0.3 is 24.7 Å². The van der Waals surface area contributed by atoms with E-state index in [1.807, 2.05) is 12.1 Å². The second-order valence-electron chi connectivity index (χ2n) is 8.45. The molecule has 0 unspecified atom stereocenters. The zero-order chi connectivity index (χ0) is 21.2. The molecule has 0 spiro atoms. The van der Waals surface area contributed by atoms with Crippen molar-refractivity contribution in [3.05, 3.63) is 24.2 Å². The number of nitrogens with zero attached hydrogens (tertiary/aromatic N) is 3. The van der Waals surface area contributed by atoms with E-state index >= 15 is 0 Å². The highest BCUT2D eigenvalue weighted by molar-refractivity contribution is 5.84. The van der Waals surface area contributed by atoms with Crippen LogP contribution in [-0.4, -0.2) is 87.2 Å². The van der Waals surface area contributed by atoms with Gasteiger partial charge in [0.05, 0.1) is 19.5 Å². The Bertz CT molecular complexity index is 662. The van der Waals surface area contributed by atoms with E-state index in [2.05, 4.69) is 20.5 Å². The van der Waals surface area contributed by atoms with E-state index in [-0.39, 0.29) is 18.0 Å². The first-order valence-corrected chi connectivity index (χ1v) is 11.2. The molecule has 1 aromatic rings. The topological polar surface area (TPSA) is 82.3 Å². The molecule has 0 aromatic carbocycles. The van der Waals surface area contributed by atoms with Crippen molar-refractivity contribution in [2.75, 3.05) is 60.0 Å². The smallest absolute Gasteiger partial charge is 0.243 e. The van der Waals surface area contributed by atoms with Gasteiger partial charge in [-0.1, -0.05) is 19.3 Å². The summed E-state index contributed by atoms with van der Waals surface area (Å²) in [7, 11) is 3.51. The lowest BCUT2D eigenvalue weighted by atomic mass is 9.80. The first-order chi connectivity index (χ1) is 14.6. The van der Waals surface area contributed by atoms with Crippen LogP contribution >= 0.6 is 0 Å². The third kappa shape index (κ3) is 6.47. The fourth-order valence-electron chi connectivity index (χ4n) is 4.32. The van der Waals surface area contributed by atoms with E-state index in [0.29, 0.717) is 12.5 Å². The van der Waals surface area contributed by atoms with Gasteiger partial charge in [-0.25, -0.2) is 4.99 Å². The van der Waals surface area contributed by atoms with Crippen molar-refractivity contribution in [2.45, 2.75) is 44.1 Å². The molecule has 1 amide bonds. The van der Waals surface area contributed by atoms with Gasteiger partial charge in [0, 0.05) is 52.2 Å². The van der Waals surface area contributed by atoms with Crippen LogP contribution in [-0.2, 0) is 16.0 Å². The Morgan fingerprint density at radius 1 is 1.20 bits per heavy atom. The Labute approximate surface area is 180 Å². The molecule has 1 aliphatic heterocycles. The quantitative estimate of drug-likeness (QED) is 0.491. The third-order valence-corrected chi connectivity index (χ3v) is 6.17. The van der Waals surface area contributed by atoms with Crippen LogP contribution in [0, 0.1) is 0 Å². The van der Waals surface area contributed by atoms with Crippen molar-refractivity contribution in [3.8, 4) is 0 Å². The zero-order valence-corrected chi connectivity index (χ0v) is 18.5. The summed E-state index contributed by atoms with van der Waals surface area (Å²) in [5.41, 5.74) is 0.136. The van der Waals surface area contributed by atoms with Gasteiger partial charge in [0.2, 0.25) is 5.91 Å². The lowest BCUT2D eigenvalue weighted by Crippen LogP contribution is -2.60. The number of hydrogen-bond acceptors (Lipinski definition) is 5. The molecule has 2 N–H and O–H groups in total. The highest BCUT2D eigenvalue weighted by Gasteiger charge is 2.38. The normalized spacial score (nSPS) is 20.0. The Balaban J connectivity index is 1.63. The molecule has 0 radical (unpaired) electrons. The zero-order valence-electron chi connectivity index (χ0n) is 18.5. The second kappa shape index (κ2) is 11.4. The van der Waals surface area contributed by atoms with E-state index in [0.717, 1.165) is 45.0 Å². The summed E-state index contributed by atoms with van der Waals surface area (Å²) in [6.45, 7) is 5.24. The van der Waals surface area contributed by atoms with Crippen molar-refractivity contribution < 1.29 is 13.9 Å². The van der Waals surface area contributed by atoms with Crippen LogP contribution < -0.4 is 10.6 Å². The van der Waals surface area contributed by atoms with Gasteiger partial charge in [-0.3, -0.25) is 9.69 Å². The molecule has 30 heavy (non-hydrogen) atoms. The van der Waals surface area contributed by atoms with Crippen LogP contribution in [0.15, 0.2) is 27.8 Å². The fraction of sp³-hybridized carbons (Fsp3) is 0.727. The number of ether oxygens (including phenoxy) is 1. The highest BCUT2D eigenvalue weighted by atomic mass is 16.5. The number of carbonyl (C=O) groups is 1. The van der Waals surface area contributed by atoms with Crippen molar-refractivity contribution in [3.63, 3.8) is 0 Å². The number of morpholine rings is 1. The first kappa shape index (κ1) is 22.6. The Kier molecular flexibility index (Phi) is 8.57. The van der Waals surface area contributed by atoms with E-state index in [1.165, 1.54) is 32.1 Å². The lowest BCUT2D eigenvalue weighted by molar-refractivity contribution is -0.127. The van der Waals surface area contributed by atoms with Gasteiger partial charge in [0.1, 0.15) is 12.3 Å². The monoisotopic (exact) mass is 419 g/mol. The third-order valence-electron chi connectivity index (χ3n) is 6.17. The predicted octanol–water partition coefficient (Wildman–Crippen LogP) is 1.48. The maximum atomic E-state index is 12.1. The molecular weight excluding hydrogens is 382 g/mol. The Morgan fingerprint density at radius 2 is 1.97 bits per heavy atom. The molecule has 1 aromatic heterocycles. The lowest BCUT2D eigenvalue weighted by Gasteiger charge is -2.48. The number of hydrogen-bond donors (Lipinski definition) is 2. The molecule has 2 fully saturated rings. The van der Waals surface area contributed by atoms with Crippen LogP contribution in [0.1, 0.15) is 37.9 Å². The van der Waals surface area contributed by atoms with Gasteiger partial charge in [-0.05, 0) is 25.0 Å². The maximum Gasteiger partial charge on any atom is 0.243 e. The molecule has 8 nitrogen and oxygen atoms in total. The number of furan rings is 1. The molecule has 168 valence electrons. The molecule has 1 saturated carbocycles. The molecule has 2 aliphatic rings. The average Bonchev–Trinajstić information content (AvgIpc) is 3.29.